The van der Waals surface area contributed by atoms with Gasteiger partial charge in [0.2, 0.25) is 0 Å². The molecule has 0 radical (unpaired) electrons. The molecular weight excluding hydrogens is 527 g/mol. The summed E-state index contributed by atoms with van der Waals surface area (Å²) in [5.41, 5.74) is 3.39. The largest absolute Gasteiger partial charge is 0.462 e. The highest BCUT2D eigenvalue weighted by molar-refractivity contribution is 7.90. The topological polar surface area (TPSA) is 82.5 Å². The van der Waals surface area contributed by atoms with Crippen LogP contribution in [0.25, 0.3) is 11.1 Å². The normalized spacial score (nSPS) is 14.2. The molecule has 1 aliphatic rings. The molecule has 0 spiro atoms. The number of piperazine rings is 1. The molecule has 0 aliphatic carbocycles. The Morgan fingerprint density at radius 2 is 1.66 bits per heavy atom. The zero-order valence-corrected chi connectivity index (χ0v) is 23.5. The highest BCUT2D eigenvalue weighted by Crippen LogP contribution is 2.43. The fourth-order valence-electron chi connectivity index (χ4n) is 4.32. The van der Waals surface area contributed by atoms with Crippen molar-refractivity contribution >= 4 is 44.4 Å². The van der Waals surface area contributed by atoms with E-state index in [-0.39, 0.29) is 17.3 Å². The van der Waals surface area contributed by atoms with Gasteiger partial charge in [0, 0.05) is 51.5 Å². The van der Waals surface area contributed by atoms with Crippen LogP contribution < -0.4 is 9.80 Å². The van der Waals surface area contributed by atoms with Crippen molar-refractivity contribution in [2.75, 3.05) is 56.7 Å². The van der Waals surface area contributed by atoms with Crippen molar-refractivity contribution in [3.63, 3.8) is 0 Å². The number of carbonyl (C=O) groups is 1. The van der Waals surface area contributed by atoms with Gasteiger partial charge < -0.3 is 19.4 Å². The first kappa shape index (κ1) is 27.6. The molecule has 8 nitrogen and oxygen atoms in total. The van der Waals surface area contributed by atoms with Crippen LogP contribution in [0, 0.1) is 12.7 Å². The number of esters is 1. The van der Waals surface area contributed by atoms with Crippen molar-refractivity contribution in [1.29, 1.82) is 0 Å². The number of hydrogen-bond acceptors (Lipinski definition) is 7. The molecule has 0 N–H and O–H groups in total. The molecule has 1 aromatic heterocycles. The highest BCUT2D eigenvalue weighted by atomic mass is 32.2. The van der Waals surface area contributed by atoms with Crippen molar-refractivity contribution in [3.8, 4) is 11.1 Å². The van der Waals surface area contributed by atoms with Crippen LogP contribution >= 0.6 is 11.3 Å². The summed E-state index contributed by atoms with van der Waals surface area (Å²) in [5.74, 6) is -0.661. The first-order chi connectivity index (χ1) is 18.1. The molecule has 0 unspecified atom stereocenters. The summed E-state index contributed by atoms with van der Waals surface area (Å²) in [6.07, 6.45) is 1.24. The number of thiophene rings is 1. The molecule has 2 aromatic carbocycles. The molecule has 38 heavy (non-hydrogen) atoms. The first-order valence-corrected chi connectivity index (χ1v) is 14.5. The Morgan fingerprint density at radius 1 is 1.05 bits per heavy atom. The van der Waals surface area contributed by atoms with E-state index in [1.807, 2.05) is 6.92 Å². The van der Waals surface area contributed by atoms with Crippen LogP contribution in [0.2, 0.25) is 0 Å². The van der Waals surface area contributed by atoms with Gasteiger partial charge in [-0.2, -0.15) is 8.42 Å². The summed E-state index contributed by atoms with van der Waals surface area (Å²) in [6.45, 7) is 6.98. The molecule has 2 heterocycles. The molecule has 4 rings (SSSR count). The number of hydrogen-bond donors (Lipinski definition) is 0. The molecule has 0 saturated carbocycles. The lowest BCUT2D eigenvalue weighted by Crippen LogP contribution is -2.46. The summed E-state index contributed by atoms with van der Waals surface area (Å²) in [6, 6.07) is 12.9. The van der Waals surface area contributed by atoms with E-state index >= 15 is 0 Å². The van der Waals surface area contributed by atoms with Gasteiger partial charge in [-0.15, -0.1) is 15.7 Å². The molecule has 1 fully saturated rings. The number of carbonyl (C=O) groups excluding carboxylic acids is 1. The van der Waals surface area contributed by atoms with Gasteiger partial charge in [-0.1, -0.05) is 12.1 Å². The second kappa shape index (κ2) is 11.5. The molecule has 0 atom stereocenters. The van der Waals surface area contributed by atoms with Crippen molar-refractivity contribution < 1.29 is 22.3 Å². The Morgan fingerprint density at radius 3 is 2.24 bits per heavy atom. The number of rotatable bonds is 8. The number of benzene rings is 2. The van der Waals surface area contributed by atoms with Gasteiger partial charge >= 0.3 is 5.97 Å². The monoisotopic (exact) mass is 558 g/mol. The molecule has 202 valence electrons. The fraction of sp³-hybridized carbons (Fsp3) is 0.333. The van der Waals surface area contributed by atoms with E-state index in [2.05, 4.69) is 14.2 Å². The standard InChI is InChI=1S/C27H31FN4O4S2/c1-5-36-27(33)25-24(20-6-12-23(13-7-20)38(34,35)29-18-30(3)4)19(2)26(37-25)32-16-14-31(15-17-32)22-10-8-21(28)9-11-22/h6-13,18H,5,14-17H2,1-4H3. The van der Waals surface area contributed by atoms with E-state index in [0.29, 0.717) is 4.88 Å². The Balaban J connectivity index is 1.63. The van der Waals surface area contributed by atoms with E-state index < -0.39 is 16.0 Å². The Kier molecular flexibility index (Phi) is 8.37. The van der Waals surface area contributed by atoms with Crippen LogP contribution in [0.1, 0.15) is 22.2 Å². The highest BCUT2D eigenvalue weighted by Gasteiger charge is 2.28. The number of anilines is 2. The second-order valence-corrected chi connectivity index (χ2v) is 11.7. The lowest BCUT2D eigenvalue weighted by atomic mass is 10.0. The maximum Gasteiger partial charge on any atom is 0.349 e. The SMILES string of the molecule is CCOC(=O)c1sc(N2CCN(c3ccc(F)cc3)CC2)c(C)c1-c1ccc(S(=O)(=O)N=CN(C)C)cc1. The summed E-state index contributed by atoms with van der Waals surface area (Å²) in [7, 11) is -0.451. The van der Waals surface area contributed by atoms with Crippen LogP contribution in [0.3, 0.4) is 0 Å². The van der Waals surface area contributed by atoms with Crippen LogP contribution in [-0.2, 0) is 14.8 Å². The molecular formula is C27H31FN4O4S2. The lowest BCUT2D eigenvalue weighted by Gasteiger charge is -2.37. The van der Waals surface area contributed by atoms with E-state index in [4.69, 9.17) is 4.74 Å². The lowest BCUT2D eigenvalue weighted by molar-refractivity contribution is 0.0533. The van der Waals surface area contributed by atoms with Crippen molar-refractivity contribution in [2.45, 2.75) is 18.7 Å². The van der Waals surface area contributed by atoms with Gasteiger partial charge in [-0.05, 0) is 61.4 Å². The van der Waals surface area contributed by atoms with E-state index in [0.717, 1.165) is 53.6 Å². The number of nitrogens with zero attached hydrogens (tertiary/aromatic N) is 4. The smallest absolute Gasteiger partial charge is 0.349 e. The summed E-state index contributed by atoms with van der Waals surface area (Å²) < 4.78 is 47.5. The van der Waals surface area contributed by atoms with Gasteiger partial charge in [0.25, 0.3) is 10.0 Å². The minimum Gasteiger partial charge on any atom is -0.462 e. The zero-order chi connectivity index (χ0) is 27.4. The second-order valence-electron chi connectivity index (χ2n) is 9.09. The maximum atomic E-state index is 13.3. The van der Waals surface area contributed by atoms with Crippen LogP contribution in [0.5, 0.6) is 0 Å². The van der Waals surface area contributed by atoms with Gasteiger partial charge in [0.15, 0.2) is 0 Å². The Hall–Kier alpha value is -3.44. The minimum absolute atomic E-state index is 0.0713. The van der Waals surface area contributed by atoms with E-state index in [1.165, 1.54) is 41.9 Å². The third kappa shape index (κ3) is 5.99. The van der Waals surface area contributed by atoms with Crippen LogP contribution in [0.4, 0.5) is 15.1 Å². The summed E-state index contributed by atoms with van der Waals surface area (Å²) >= 11 is 1.39. The van der Waals surface area contributed by atoms with Crippen LogP contribution in [-0.4, -0.2) is 72.5 Å². The molecule has 1 aliphatic heterocycles. The van der Waals surface area contributed by atoms with E-state index in [1.54, 1.807) is 50.2 Å². The van der Waals surface area contributed by atoms with Crippen molar-refractivity contribution in [1.82, 2.24) is 4.90 Å². The minimum atomic E-state index is -3.84. The molecule has 11 heteroatoms. The first-order valence-electron chi connectivity index (χ1n) is 12.2. The fourth-order valence-corrected chi connectivity index (χ4v) is 6.51. The Labute approximate surface area is 227 Å². The predicted octanol–water partition coefficient (Wildman–Crippen LogP) is 4.64. The maximum absolute atomic E-state index is 13.3. The zero-order valence-electron chi connectivity index (χ0n) is 21.8. The van der Waals surface area contributed by atoms with Crippen LogP contribution in [0.15, 0.2) is 57.8 Å². The average molecular weight is 559 g/mol. The summed E-state index contributed by atoms with van der Waals surface area (Å²) in [5, 5.41) is 0.981. The quantitative estimate of drug-likeness (QED) is 0.226. The number of sulfonamides is 1. The van der Waals surface area contributed by atoms with Gasteiger partial charge in [0.05, 0.1) is 16.5 Å². The molecule has 3 aromatic rings. The predicted molar refractivity (Wildman–Crippen MR) is 151 cm³/mol. The molecule has 0 amide bonds. The van der Waals surface area contributed by atoms with E-state index in [9.17, 15) is 17.6 Å². The van der Waals surface area contributed by atoms with Gasteiger partial charge in [-0.3, -0.25) is 0 Å². The molecule has 1 saturated heterocycles. The number of ether oxygens (including phenoxy) is 1. The van der Waals surface area contributed by atoms with Crippen molar-refractivity contribution in [2.24, 2.45) is 4.40 Å². The van der Waals surface area contributed by atoms with Gasteiger partial charge in [-0.25, -0.2) is 9.18 Å². The summed E-state index contributed by atoms with van der Waals surface area (Å²) in [4.78, 5) is 19.5. The molecule has 0 bridgehead atoms. The Bertz CT molecular complexity index is 1410. The van der Waals surface area contributed by atoms with Gasteiger partial charge in [0.1, 0.15) is 17.0 Å². The third-order valence-electron chi connectivity index (χ3n) is 6.20. The number of halogens is 1. The van der Waals surface area contributed by atoms with Crippen molar-refractivity contribution in [3.05, 3.63) is 64.8 Å². The average Bonchev–Trinajstić information content (AvgIpc) is 3.25. The third-order valence-corrected chi connectivity index (χ3v) is 8.77.